The Balaban J connectivity index is 0.902. The highest BCUT2D eigenvalue weighted by atomic mass is 15.1. The maximum atomic E-state index is 7.98. The van der Waals surface area contributed by atoms with Crippen molar-refractivity contribution < 1.29 is 0 Å². The predicted octanol–water partition coefficient (Wildman–Crippen LogP) is 20.5. The van der Waals surface area contributed by atoms with Gasteiger partial charge in [0.25, 0.3) is 0 Å². The van der Waals surface area contributed by atoms with E-state index >= 15 is 0 Å². The van der Waals surface area contributed by atoms with Crippen molar-refractivity contribution in [2.75, 3.05) is 4.90 Å². The first-order valence-electron chi connectivity index (χ1n) is 26.4. The van der Waals surface area contributed by atoms with E-state index in [9.17, 15) is 0 Å². The molecule has 0 spiro atoms. The molecule has 0 atom stereocenters. The first-order valence-corrected chi connectivity index (χ1v) is 26.4. The van der Waals surface area contributed by atoms with Crippen LogP contribution < -0.4 is 4.90 Å². The van der Waals surface area contributed by atoms with Gasteiger partial charge in [-0.05, 0) is 165 Å². The summed E-state index contributed by atoms with van der Waals surface area (Å²) in [4.78, 5) is 6.26. The largest absolute Gasteiger partial charge is 0.310 e. The molecule has 0 aliphatic heterocycles. The highest BCUT2D eigenvalue weighted by Crippen LogP contribution is 2.58. The van der Waals surface area contributed by atoms with Gasteiger partial charge in [-0.1, -0.05) is 242 Å². The summed E-state index contributed by atoms with van der Waals surface area (Å²) in [6, 6.07) is 99.7. The number of aryl methyl sites for hydroxylation is 1. The van der Waals surface area contributed by atoms with Crippen LogP contribution >= 0.6 is 0 Å². The minimum atomic E-state index is -0.619. The number of hydrogen-bond acceptors (Lipinski definition) is 1. The summed E-state index contributed by atoms with van der Waals surface area (Å²) >= 11 is 0. The fourth-order valence-corrected chi connectivity index (χ4v) is 12.5. The topological polar surface area (TPSA) is 7.60 Å². The predicted molar refractivity (Wildman–Crippen MR) is 326 cm³/mol. The van der Waals surface area contributed by atoms with Crippen LogP contribution in [-0.2, 0) is 5.41 Å². The van der Waals surface area contributed by atoms with Gasteiger partial charge >= 0.3 is 0 Å². The summed E-state index contributed by atoms with van der Waals surface area (Å²) in [5, 5.41) is 9.25. The maximum Gasteiger partial charge on any atom is 0.194 e. The molecular formula is C75H50N2. The maximum absolute atomic E-state index is 7.98. The minimum Gasteiger partial charge on any atom is -0.310 e. The molecule has 0 saturated carbocycles. The third-order valence-electron chi connectivity index (χ3n) is 16.0. The van der Waals surface area contributed by atoms with Gasteiger partial charge in [0, 0.05) is 17.1 Å². The molecule has 360 valence electrons. The Kier molecular flexibility index (Phi) is 11.1. The lowest BCUT2D eigenvalue weighted by atomic mass is 9.67. The zero-order valence-corrected chi connectivity index (χ0v) is 42.5. The van der Waals surface area contributed by atoms with E-state index in [0.29, 0.717) is 5.69 Å². The van der Waals surface area contributed by atoms with E-state index in [-0.39, 0.29) is 0 Å². The number of hydrogen-bond donors (Lipinski definition) is 0. The SMILES string of the molecule is [C-]#[N+]c1ccc(-c2c3ccccc3c(-c3ccc4c(c3)C(c3ccccc3)(c3ccccc3)c3cc(/C=C/c5ccc(N(c6ccc(C)cc6)c6ccc7ccccc7c6)cc5)ccc3-4)c3ccccc23)c2ccccc12. The van der Waals surface area contributed by atoms with Crippen molar-refractivity contribution in [3.05, 3.63) is 323 Å². The van der Waals surface area contributed by atoms with Crippen LogP contribution in [0.3, 0.4) is 0 Å². The average Bonchev–Trinajstić information content (AvgIpc) is 3.91. The molecule has 0 amide bonds. The van der Waals surface area contributed by atoms with Crippen LogP contribution in [0.4, 0.5) is 22.7 Å². The third kappa shape index (κ3) is 7.55. The van der Waals surface area contributed by atoms with Crippen LogP contribution in [0.15, 0.2) is 273 Å². The Hall–Kier alpha value is -10.1. The van der Waals surface area contributed by atoms with Crippen LogP contribution in [0, 0.1) is 13.5 Å². The molecule has 0 heterocycles. The van der Waals surface area contributed by atoms with Crippen LogP contribution in [0.2, 0.25) is 0 Å². The van der Waals surface area contributed by atoms with Crippen LogP contribution in [0.25, 0.3) is 93.5 Å². The fraction of sp³-hybridized carbons (Fsp3) is 0.0267. The number of rotatable bonds is 9. The Bertz CT molecular complexity index is 4410. The van der Waals surface area contributed by atoms with Crippen LogP contribution in [-0.4, -0.2) is 0 Å². The van der Waals surface area contributed by atoms with Gasteiger partial charge in [-0.25, -0.2) is 4.85 Å². The van der Waals surface area contributed by atoms with E-state index in [1.165, 1.54) is 88.0 Å². The first kappa shape index (κ1) is 45.5. The van der Waals surface area contributed by atoms with Gasteiger partial charge < -0.3 is 4.90 Å². The molecule has 0 unspecified atom stereocenters. The molecule has 0 fully saturated rings. The first-order chi connectivity index (χ1) is 38.0. The van der Waals surface area contributed by atoms with Crippen molar-refractivity contribution in [2.45, 2.75) is 12.3 Å². The Labute approximate surface area is 449 Å². The Morgan fingerprint density at radius 3 is 1.48 bits per heavy atom. The summed E-state index contributed by atoms with van der Waals surface area (Å²) in [7, 11) is 0. The standard InChI is InChI=1S/C75H50N2/c1-50-29-38-58(39-30-50)77(60-42-36-53-17-9-10-18-54(53)48-60)59-40-33-51(34-41-59)31-32-52-35-43-62-63-44-37-55(49-71(63)75(70(62)47-52,56-19-5-3-6-20-56)57-21-7-4-8-22-57)73-65-25-13-15-27-67(65)74(68-28-16-14-26-66(68)73)69-45-46-72(76-2)64-24-12-11-23-61(64)69/h3-49H,1H3/b32-31+. The summed E-state index contributed by atoms with van der Waals surface area (Å²) in [6.45, 7) is 10.1. The number of nitrogens with zero attached hydrogens (tertiary/aromatic N) is 2. The van der Waals surface area contributed by atoms with Gasteiger partial charge in [0.15, 0.2) is 5.69 Å². The third-order valence-corrected chi connectivity index (χ3v) is 16.0. The molecule has 0 saturated heterocycles. The Morgan fingerprint density at radius 1 is 0.364 bits per heavy atom. The van der Waals surface area contributed by atoms with E-state index in [1.54, 1.807) is 0 Å². The summed E-state index contributed by atoms with van der Waals surface area (Å²) in [6.07, 6.45) is 4.51. The number of fused-ring (bicyclic) bond motifs is 7. The molecule has 1 aliphatic rings. The van der Waals surface area contributed by atoms with Crippen LogP contribution in [0.5, 0.6) is 0 Å². The van der Waals surface area contributed by atoms with Gasteiger partial charge in [-0.2, -0.15) is 0 Å². The minimum absolute atomic E-state index is 0.619. The van der Waals surface area contributed by atoms with Crippen molar-refractivity contribution in [3.8, 4) is 33.4 Å². The highest BCUT2D eigenvalue weighted by Gasteiger charge is 2.46. The van der Waals surface area contributed by atoms with E-state index in [2.05, 4.69) is 290 Å². The summed E-state index contributed by atoms with van der Waals surface area (Å²) < 4.78 is 0. The molecule has 1 aliphatic carbocycles. The normalized spacial score (nSPS) is 12.5. The van der Waals surface area contributed by atoms with Crippen molar-refractivity contribution >= 4 is 78.0 Å². The molecule has 14 rings (SSSR count). The second-order valence-corrected chi connectivity index (χ2v) is 20.3. The van der Waals surface area contributed by atoms with Crippen molar-refractivity contribution in [2.24, 2.45) is 0 Å². The highest BCUT2D eigenvalue weighted by molar-refractivity contribution is 6.24. The van der Waals surface area contributed by atoms with Gasteiger partial charge in [-0.3, -0.25) is 0 Å². The lowest BCUT2D eigenvalue weighted by Gasteiger charge is -2.34. The zero-order valence-electron chi connectivity index (χ0n) is 42.5. The monoisotopic (exact) mass is 978 g/mol. The molecule has 0 radical (unpaired) electrons. The molecule has 2 heteroatoms. The molecule has 0 aromatic heterocycles. The number of anilines is 3. The molecule has 77 heavy (non-hydrogen) atoms. The van der Waals surface area contributed by atoms with Crippen molar-refractivity contribution in [1.82, 2.24) is 0 Å². The second kappa shape index (κ2) is 18.7. The van der Waals surface area contributed by atoms with E-state index in [0.717, 1.165) is 44.5 Å². The average molecular weight is 979 g/mol. The smallest absolute Gasteiger partial charge is 0.194 e. The van der Waals surface area contributed by atoms with Crippen LogP contribution in [0.1, 0.15) is 38.9 Å². The molecular weight excluding hydrogens is 929 g/mol. The van der Waals surface area contributed by atoms with Gasteiger partial charge in [0.05, 0.1) is 12.0 Å². The van der Waals surface area contributed by atoms with Crippen molar-refractivity contribution in [1.29, 1.82) is 0 Å². The van der Waals surface area contributed by atoms with Gasteiger partial charge in [-0.15, -0.1) is 0 Å². The Morgan fingerprint density at radius 2 is 0.844 bits per heavy atom. The van der Waals surface area contributed by atoms with E-state index in [4.69, 9.17) is 6.57 Å². The molecule has 13 aromatic carbocycles. The molecule has 0 bridgehead atoms. The lowest BCUT2D eigenvalue weighted by molar-refractivity contribution is 0.768. The summed E-state index contributed by atoms with van der Waals surface area (Å²) in [5.74, 6) is 0. The van der Waals surface area contributed by atoms with Crippen molar-refractivity contribution in [3.63, 3.8) is 0 Å². The number of benzene rings is 13. The van der Waals surface area contributed by atoms with E-state index in [1.807, 2.05) is 12.1 Å². The second-order valence-electron chi connectivity index (χ2n) is 20.3. The quantitative estimate of drug-likeness (QED) is 0.0794. The zero-order chi connectivity index (χ0) is 51.5. The lowest BCUT2D eigenvalue weighted by Crippen LogP contribution is -2.28. The van der Waals surface area contributed by atoms with E-state index < -0.39 is 5.41 Å². The fourth-order valence-electron chi connectivity index (χ4n) is 12.5. The molecule has 2 nitrogen and oxygen atoms in total. The molecule has 0 N–H and O–H groups in total. The van der Waals surface area contributed by atoms with Gasteiger partial charge in [0.2, 0.25) is 0 Å². The molecule has 13 aromatic rings. The van der Waals surface area contributed by atoms with Gasteiger partial charge in [0.1, 0.15) is 0 Å². The summed E-state index contributed by atoms with van der Waals surface area (Å²) in [5.41, 5.74) is 19.1.